The molecular formula is C7H9F9N2. The third-order valence-corrected chi connectivity index (χ3v) is 1.73. The van der Waals surface area contributed by atoms with E-state index >= 15 is 0 Å². The van der Waals surface area contributed by atoms with Gasteiger partial charge in [-0.05, 0) is 13.3 Å². The fourth-order valence-electron chi connectivity index (χ4n) is 1.16. The molecule has 0 aromatic heterocycles. The number of hydrogen-bond donors (Lipinski definition) is 2. The summed E-state index contributed by atoms with van der Waals surface area (Å²) in [4.78, 5) is 0. The minimum Gasteiger partial charge on any atom is -0.225 e. The molecule has 2 N–H and O–H groups in total. The lowest BCUT2D eigenvalue weighted by molar-refractivity contribution is -0.221. The molecule has 11 heteroatoms. The van der Waals surface area contributed by atoms with Crippen LogP contribution in [0.1, 0.15) is 13.3 Å². The highest BCUT2D eigenvalue weighted by Crippen LogP contribution is 2.27. The first-order chi connectivity index (χ1) is 7.71. The lowest BCUT2D eigenvalue weighted by atomic mass is 10.1. The van der Waals surface area contributed by atoms with Gasteiger partial charge in [0.05, 0.1) is 0 Å². The quantitative estimate of drug-likeness (QED) is 0.615. The maximum absolute atomic E-state index is 12.2. The Balaban J connectivity index is 4.62. The van der Waals surface area contributed by atoms with Crippen LogP contribution in [0.25, 0.3) is 0 Å². The number of rotatable bonds is 4. The second kappa shape index (κ2) is 5.51. The second-order valence-corrected chi connectivity index (χ2v) is 3.52. The summed E-state index contributed by atoms with van der Waals surface area (Å²) in [6, 6.07) is -4.94. The van der Waals surface area contributed by atoms with Gasteiger partial charge in [0.2, 0.25) is 0 Å². The highest BCUT2D eigenvalue weighted by Gasteiger charge is 2.47. The largest absolute Gasteiger partial charge is 0.457 e. The molecule has 0 aliphatic heterocycles. The molecule has 0 radical (unpaired) electrons. The summed E-state index contributed by atoms with van der Waals surface area (Å²) >= 11 is 0. The summed E-state index contributed by atoms with van der Waals surface area (Å²) in [6.07, 6.45) is -17.0. The van der Waals surface area contributed by atoms with E-state index in [0.29, 0.717) is 6.92 Å². The topological polar surface area (TPSA) is 24.1 Å². The van der Waals surface area contributed by atoms with Crippen molar-refractivity contribution in [2.75, 3.05) is 0 Å². The molecule has 0 spiro atoms. The van der Waals surface area contributed by atoms with Crippen LogP contribution >= 0.6 is 0 Å². The van der Waals surface area contributed by atoms with Crippen LogP contribution in [0.3, 0.4) is 0 Å². The zero-order valence-electron chi connectivity index (χ0n) is 8.76. The van der Waals surface area contributed by atoms with Crippen molar-refractivity contribution in [3.8, 4) is 0 Å². The normalized spacial score (nSPS) is 17.7. The summed E-state index contributed by atoms with van der Waals surface area (Å²) in [6.45, 7) is 0.699. The maximum atomic E-state index is 12.2. The molecule has 0 aromatic rings. The Morgan fingerprint density at radius 1 is 0.778 bits per heavy atom. The predicted molar refractivity (Wildman–Crippen MR) is 42.3 cm³/mol. The summed E-state index contributed by atoms with van der Waals surface area (Å²) in [5, 5.41) is 1.08. The van der Waals surface area contributed by atoms with E-state index in [2.05, 4.69) is 0 Å². The summed E-state index contributed by atoms with van der Waals surface area (Å²) in [5.74, 6) is 0. The first-order valence-corrected chi connectivity index (χ1v) is 4.46. The fraction of sp³-hybridized carbons (Fsp3) is 1.00. The lowest BCUT2D eigenvalue weighted by Crippen LogP contribution is -2.52. The summed E-state index contributed by atoms with van der Waals surface area (Å²) < 4.78 is 107. The Morgan fingerprint density at radius 2 is 1.17 bits per heavy atom. The van der Waals surface area contributed by atoms with Gasteiger partial charge in [0.1, 0.15) is 6.04 Å². The molecule has 0 aromatic carbocycles. The Labute approximate surface area is 95.5 Å². The standard InChI is InChI=1S/C7H9F9N2/c1-3(17-6(11,12)13)2-4(5(8,9)10)18-7(14,15)16/h3-4,17-18H,2H2,1H3. The van der Waals surface area contributed by atoms with Crippen molar-refractivity contribution in [1.82, 2.24) is 10.6 Å². The molecule has 2 nitrogen and oxygen atoms in total. The molecule has 0 heterocycles. The molecule has 2 atom stereocenters. The van der Waals surface area contributed by atoms with Crippen molar-refractivity contribution in [2.24, 2.45) is 0 Å². The average molecular weight is 292 g/mol. The van der Waals surface area contributed by atoms with Crippen LogP contribution in [0.5, 0.6) is 0 Å². The van der Waals surface area contributed by atoms with Crippen molar-refractivity contribution in [1.29, 1.82) is 0 Å². The minimum absolute atomic E-state index is 0.280. The summed E-state index contributed by atoms with van der Waals surface area (Å²) in [7, 11) is 0. The van der Waals surface area contributed by atoms with Gasteiger partial charge in [-0.25, -0.2) is 10.6 Å². The minimum atomic E-state index is -5.34. The average Bonchev–Trinajstić information content (AvgIpc) is 1.93. The Morgan fingerprint density at radius 3 is 1.44 bits per heavy atom. The molecule has 0 rings (SSSR count). The van der Waals surface area contributed by atoms with E-state index in [1.165, 1.54) is 0 Å². The van der Waals surface area contributed by atoms with E-state index in [1.54, 1.807) is 0 Å². The Bertz CT molecular complexity index is 253. The fourth-order valence-corrected chi connectivity index (χ4v) is 1.16. The molecule has 0 saturated heterocycles. The van der Waals surface area contributed by atoms with E-state index in [1.807, 2.05) is 0 Å². The molecule has 0 bridgehead atoms. The van der Waals surface area contributed by atoms with Crippen molar-refractivity contribution in [3.05, 3.63) is 0 Å². The van der Waals surface area contributed by atoms with E-state index < -0.39 is 37.3 Å². The predicted octanol–water partition coefficient (Wildman–Crippen LogP) is 2.91. The highest BCUT2D eigenvalue weighted by atomic mass is 19.4. The van der Waals surface area contributed by atoms with Crippen LogP contribution in [0.2, 0.25) is 0 Å². The van der Waals surface area contributed by atoms with E-state index in [0.717, 1.165) is 5.32 Å². The number of nitrogens with one attached hydrogen (secondary N) is 2. The zero-order chi connectivity index (χ0) is 14.8. The third-order valence-electron chi connectivity index (χ3n) is 1.73. The van der Waals surface area contributed by atoms with Gasteiger partial charge in [0.15, 0.2) is 0 Å². The first kappa shape index (κ1) is 17.3. The third kappa shape index (κ3) is 8.39. The molecule has 2 unspecified atom stereocenters. The smallest absolute Gasteiger partial charge is 0.225 e. The Hall–Kier alpha value is -0.710. The van der Waals surface area contributed by atoms with Crippen molar-refractivity contribution in [2.45, 2.75) is 44.2 Å². The molecule has 0 aliphatic rings. The molecule has 0 saturated carbocycles. The molecule has 0 amide bonds. The van der Waals surface area contributed by atoms with E-state index in [9.17, 15) is 39.5 Å². The number of alkyl halides is 9. The van der Waals surface area contributed by atoms with Gasteiger partial charge in [-0.3, -0.25) is 0 Å². The van der Waals surface area contributed by atoms with Crippen LogP contribution in [-0.4, -0.2) is 30.9 Å². The first-order valence-electron chi connectivity index (χ1n) is 4.46. The zero-order valence-corrected chi connectivity index (χ0v) is 8.76. The van der Waals surface area contributed by atoms with Gasteiger partial charge in [0, 0.05) is 6.04 Å². The SMILES string of the molecule is CC(CC(NC(F)(F)F)C(F)(F)F)NC(F)(F)F. The Kier molecular flexibility index (Phi) is 5.29. The van der Waals surface area contributed by atoms with Gasteiger partial charge in [0.25, 0.3) is 0 Å². The van der Waals surface area contributed by atoms with Crippen LogP contribution in [-0.2, 0) is 0 Å². The maximum Gasteiger partial charge on any atom is 0.457 e. The van der Waals surface area contributed by atoms with Gasteiger partial charge < -0.3 is 0 Å². The van der Waals surface area contributed by atoms with Gasteiger partial charge in [-0.2, -0.15) is 39.5 Å². The molecule has 110 valence electrons. The van der Waals surface area contributed by atoms with E-state index in [4.69, 9.17) is 0 Å². The second-order valence-electron chi connectivity index (χ2n) is 3.52. The van der Waals surface area contributed by atoms with Gasteiger partial charge in [-0.15, -0.1) is 0 Å². The van der Waals surface area contributed by atoms with Crippen LogP contribution < -0.4 is 10.6 Å². The molecular weight excluding hydrogens is 283 g/mol. The van der Waals surface area contributed by atoms with Crippen molar-refractivity contribution in [3.63, 3.8) is 0 Å². The molecule has 18 heavy (non-hydrogen) atoms. The number of halogens is 9. The van der Waals surface area contributed by atoms with Crippen LogP contribution in [0, 0.1) is 0 Å². The van der Waals surface area contributed by atoms with E-state index in [-0.39, 0.29) is 5.32 Å². The lowest BCUT2D eigenvalue weighted by Gasteiger charge is -2.26. The van der Waals surface area contributed by atoms with Gasteiger partial charge in [-0.1, -0.05) is 0 Å². The van der Waals surface area contributed by atoms with Crippen molar-refractivity contribution >= 4 is 0 Å². The van der Waals surface area contributed by atoms with Crippen LogP contribution in [0.15, 0.2) is 0 Å². The van der Waals surface area contributed by atoms with Gasteiger partial charge >= 0.3 is 18.8 Å². The number of hydrogen-bond acceptors (Lipinski definition) is 2. The summed E-state index contributed by atoms with van der Waals surface area (Å²) in [5.41, 5.74) is 0. The molecule has 0 fully saturated rings. The highest BCUT2D eigenvalue weighted by molar-refractivity contribution is 4.81. The molecule has 0 aliphatic carbocycles. The van der Waals surface area contributed by atoms with Crippen molar-refractivity contribution < 1.29 is 39.5 Å². The monoisotopic (exact) mass is 292 g/mol. The van der Waals surface area contributed by atoms with Crippen LogP contribution in [0.4, 0.5) is 39.5 Å².